The zero-order valence-electron chi connectivity index (χ0n) is 18.8. The number of hydrogen-bond donors (Lipinski definition) is 2. The molecule has 12 heteroatoms. The van der Waals surface area contributed by atoms with Crippen molar-refractivity contribution in [1.82, 2.24) is 15.3 Å². The molecule has 0 bridgehead atoms. The van der Waals surface area contributed by atoms with Gasteiger partial charge in [0.25, 0.3) is 5.91 Å². The summed E-state index contributed by atoms with van der Waals surface area (Å²) in [5.74, 6) is 0.197. The first-order chi connectivity index (χ1) is 15.6. The molecule has 2 rings (SSSR count). The van der Waals surface area contributed by atoms with Crippen molar-refractivity contribution in [3.8, 4) is 17.5 Å². The highest BCUT2D eigenvalue weighted by molar-refractivity contribution is 7.90. The first-order valence-electron chi connectivity index (χ1n) is 9.83. The van der Waals surface area contributed by atoms with Crippen LogP contribution in [0.25, 0.3) is 0 Å². The number of sulfone groups is 1. The molecule has 1 amide bonds. The number of amidine groups is 1. The van der Waals surface area contributed by atoms with Crippen LogP contribution in [-0.4, -0.2) is 63.3 Å². The van der Waals surface area contributed by atoms with Crippen LogP contribution in [0.1, 0.15) is 12.7 Å². The fraction of sp³-hybridized carbons (Fsp3) is 0.333. The molecule has 0 saturated heterocycles. The van der Waals surface area contributed by atoms with Crippen LogP contribution < -0.4 is 20.5 Å². The maximum Gasteiger partial charge on any atom is 0.255 e. The Labute approximate surface area is 192 Å². The zero-order chi connectivity index (χ0) is 24.4. The van der Waals surface area contributed by atoms with Crippen LogP contribution in [0.2, 0.25) is 0 Å². The number of nitrogens with zero attached hydrogens (tertiary/aromatic N) is 3. The Balaban J connectivity index is 2.29. The van der Waals surface area contributed by atoms with E-state index < -0.39 is 15.7 Å². The van der Waals surface area contributed by atoms with E-state index >= 15 is 0 Å². The van der Waals surface area contributed by atoms with Gasteiger partial charge in [-0.25, -0.2) is 8.42 Å². The minimum atomic E-state index is -3.34. The van der Waals surface area contributed by atoms with Gasteiger partial charge in [0.05, 0.1) is 24.0 Å². The molecule has 0 aliphatic heterocycles. The number of carbonyl (C=O) groups is 1. The lowest BCUT2D eigenvalue weighted by Crippen LogP contribution is -2.19. The second-order valence-electron chi connectivity index (χ2n) is 6.92. The number of rotatable bonds is 11. The molecule has 0 aliphatic rings. The average molecular weight is 478 g/mol. The quantitative estimate of drug-likeness (QED) is 0.357. The smallest absolute Gasteiger partial charge is 0.255 e. The lowest BCUT2D eigenvalue weighted by atomic mass is 10.3. The Morgan fingerprint density at radius 3 is 2.52 bits per heavy atom. The number of aromatic nitrogens is 2. The Morgan fingerprint density at radius 1 is 1.24 bits per heavy atom. The predicted octanol–water partition coefficient (Wildman–Crippen LogP) is 1.25. The summed E-state index contributed by atoms with van der Waals surface area (Å²) in [6.07, 6.45) is 3.53. The summed E-state index contributed by atoms with van der Waals surface area (Å²) in [7, 11) is -0.105. The van der Waals surface area contributed by atoms with Crippen LogP contribution in [0.4, 0.5) is 0 Å². The number of methoxy groups -OCH3 is 1. The highest BCUT2D eigenvalue weighted by Gasteiger charge is 2.14. The molecule has 0 radical (unpaired) electrons. The van der Waals surface area contributed by atoms with Crippen LogP contribution in [0.15, 0.2) is 52.5 Å². The molecular formula is C21H27N5O6S. The van der Waals surface area contributed by atoms with Gasteiger partial charge in [0, 0.05) is 20.4 Å². The van der Waals surface area contributed by atoms with Crippen molar-refractivity contribution in [1.29, 1.82) is 0 Å². The van der Waals surface area contributed by atoms with Crippen LogP contribution in [0.5, 0.6) is 17.5 Å². The van der Waals surface area contributed by atoms with Crippen molar-refractivity contribution in [2.45, 2.75) is 24.3 Å². The number of nitrogens with one attached hydrogen (secondary N) is 1. The molecule has 1 atom stereocenters. The van der Waals surface area contributed by atoms with E-state index in [0.29, 0.717) is 12.4 Å². The zero-order valence-corrected chi connectivity index (χ0v) is 19.6. The van der Waals surface area contributed by atoms with Gasteiger partial charge in [-0.3, -0.25) is 4.79 Å². The van der Waals surface area contributed by atoms with Gasteiger partial charge in [0.15, 0.2) is 9.84 Å². The first-order valence-corrected chi connectivity index (χ1v) is 11.7. The van der Waals surface area contributed by atoms with Gasteiger partial charge in [-0.05, 0) is 43.5 Å². The molecule has 0 fully saturated rings. The second-order valence-corrected chi connectivity index (χ2v) is 8.94. The Kier molecular flexibility index (Phi) is 9.30. The van der Waals surface area contributed by atoms with Gasteiger partial charge in [-0.1, -0.05) is 0 Å². The van der Waals surface area contributed by atoms with Crippen molar-refractivity contribution in [2.75, 3.05) is 27.0 Å². The Hall–Kier alpha value is -3.51. The van der Waals surface area contributed by atoms with E-state index in [9.17, 15) is 13.2 Å². The summed E-state index contributed by atoms with van der Waals surface area (Å²) in [5, 5.41) is 2.75. The Bertz CT molecular complexity index is 1120. The van der Waals surface area contributed by atoms with Crippen LogP contribution >= 0.6 is 0 Å². The molecule has 0 aliphatic carbocycles. The van der Waals surface area contributed by atoms with E-state index in [2.05, 4.69) is 20.3 Å². The topological polar surface area (TPSA) is 155 Å². The van der Waals surface area contributed by atoms with E-state index in [0.717, 1.165) is 6.26 Å². The number of benzene rings is 1. The number of aliphatic imine (C=N–C) groups is 1. The molecule has 178 valence electrons. The molecule has 1 heterocycles. The lowest BCUT2D eigenvalue weighted by Gasteiger charge is -2.14. The monoisotopic (exact) mass is 477 g/mol. The number of amides is 1. The van der Waals surface area contributed by atoms with Crippen molar-refractivity contribution in [3.63, 3.8) is 0 Å². The van der Waals surface area contributed by atoms with E-state index in [1.54, 1.807) is 21.1 Å². The predicted molar refractivity (Wildman–Crippen MR) is 122 cm³/mol. The van der Waals surface area contributed by atoms with E-state index in [1.165, 1.54) is 42.6 Å². The normalized spacial score (nSPS) is 13.0. The molecule has 11 nitrogen and oxygen atoms in total. The number of ether oxygens (including phenoxy) is 3. The largest absolute Gasteiger partial charge is 0.472 e. The van der Waals surface area contributed by atoms with E-state index in [1.807, 2.05) is 0 Å². The van der Waals surface area contributed by atoms with Gasteiger partial charge in [0.1, 0.15) is 23.5 Å². The molecule has 0 saturated carbocycles. The summed E-state index contributed by atoms with van der Waals surface area (Å²) < 4.78 is 39.8. The summed E-state index contributed by atoms with van der Waals surface area (Å²) in [5.41, 5.74) is 5.67. The number of carbonyl (C=O) groups excluding carboxylic acids is 1. The van der Waals surface area contributed by atoms with Gasteiger partial charge in [-0.2, -0.15) is 15.0 Å². The third-order valence-electron chi connectivity index (χ3n) is 3.91. The van der Waals surface area contributed by atoms with Crippen molar-refractivity contribution in [3.05, 3.63) is 48.4 Å². The number of hydrogen-bond acceptors (Lipinski definition) is 9. The van der Waals surface area contributed by atoms with E-state index in [4.69, 9.17) is 19.9 Å². The van der Waals surface area contributed by atoms with Crippen molar-refractivity contribution in [2.24, 2.45) is 10.7 Å². The molecule has 1 aromatic heterocycles. The van der Waals surface area contributed by atoms with Crippen LogP contribution in [0, 0.1) is 0 Å². The van der Waals surface area contributed by atoms with E-state index in [-0.39, 0.29) is 40.8 Å². The minimum Gasteiger partial charge on any atom is -0.472 e. The summed E-state index contributed by atoms with van der Waals surface area (Å²) in [6, 6.07) is 7.29. The maximum absolute atomic E-state index is 12.3. The second kappa shape index (κ2) is 11.9. The van der Waals surface area contributed by atoms with Gasteiger partial charge in [0.2, 0.25) is 11.8 Å². The highest BCUT2D eigenvalue weighted by Crippen LogP contribution is 2.25. The van der Waals surface area contributed by atoms with Crippen molar-refractivity contribution < 1.29 is 27.4 Å². The Morgan fingerprint density at radius 2 is 1.91 bits per heavy atom. The van der Waals surface area contributed by atoms with Gasteiger partial charge < -0.3 is 25.3 Å². The molecule has 1 aromatic carbocycles. The van der Waals surface area contributed by atoms with Gasteiger partial charge in [-0.15, -0.1) is 0 Å². The maximum atomic E-state index is 12.3. The average Bonchev–Trinajstić information content (AvgIpc) is 2.71. The van der Waals surface area contributed by atoms with Crippen LogP contribution in [0.3, 0.4) is 0 Å². The molecule has 33 heavy (non-hydrogen) atoms. The first kappa shape index (κ1) is 25.7. The fourth-order valence-corrected chi connectivity index (χ4v) is 3.15. The van der Waals surface area contributed by atoms with Crippen LogP contribution in [-0.2, 0) is 25.8 Å². The van der Waals surface area contributed by atoms with Gasteiger partial charge >= 0.3 is 0 Å². The summed E-state index contributed by atoms with van der Waals surface area (Å²) in [6.45, 7) is 2.11. The molecule has 3 N–H and O–H groups in total. The summed E-state index contributed by atoms with van der Waals surface area (Å²) >= 11 is 0. The molecule has 1 unspecified atom stereocenters. The standard InChI is InChI=1S/C21H27N5O6S/c1-14(13-30-3)31-20-12-21(32-15-5-7-16(8-6-15)33(4,28)29)26-18(25-20)11-19(27)24-17(22)9-10-23-2/h5-10,12,14,23H,11,13H2,1-4H3,(H2,22,24,27)/b10-9-. The van der Waals surface area contributed by atoms with Crippen molar-refractivity contribution >= 4 is 21.6 Å². The third kappa shape index (κ3) is 8.86. The lowest BCUT2D eigenvalue weighted by molar-refractivity contribution is -0.117. The SMILES string of the molecule is CN/C=C\C(N)=NC(=O)Cc1nc(Oc2ccc(S(C)(=O)=O)cc2)cc(OC(C)COC)n1. The summed E-state index contributed by atoms with van der Waals surface area (Å²) in [4.78, 5) is 24.7. The molecular weight excluding hydrogens is 450 g/mol. The molecule has 0 spiro atoms. The minimum absolute atomic E-state index is 0.0258. The highest BCUT2D eigenvalue weighted by atomic mass is 32.2. The molecule has 2 aromatic rings. The fourth-order valence-electron chi connectivity index (χ4n) is 2.52. The number of nitrogens with two attached hydrogens (primary N) is 1. The third-order valence-corrected chi connectivity index (χ3v) is 5.04.